The molecule has 0 bridgehead atoms. The van der Waals surface area contributed by atoms with Crippen LogP contribution in [-0.2, 0) is 14.6 Å². The number of anilines is 2. The van der Waals surface area contributed by atoms with Gasteiger partial charge in [-0.2, -0.15) is 0 Å². The standard InChI is InChI=1S/C28H22Cl3N2O3PS/c29-25-13-7-8-14-28(25)33-38(35,36)24-17-15-23(16-18-24)32-37(34,19-26(30)21-9-3-1-4-10-21)20-27(31)22-11-5-2-6-12-22/h1-20,33H,(H,32,34)/b26-19+,27-20?. The lowest BCUT2D eigenvalue weighted by molar-refractivity contribution is 0.589. The first-order chi connectivity index (χ1) is 18.2. The molecule has 5 nitrogen and oxygen atoms in total. The third-order valence-corrected chi connectivity index (χ3v) is 9.86. The molecule has 0 radical (unpaired) electrons. The van der Waals surface area contributed by atoms with Crippen LogP contribution in [0.4, 0.5) is 11.4 Å². The highest BCUT2D eigenvalue weighted by Gasteiger charge is 2.21. The Kier molecular flexibility index (Phi) is 9.03. The van der Waals surface area contributed by atoms with E-state index in [0.717, 1.165) is 0 Å². The van der Waals surface area contributed by atoms with E-state index >= 15 is 0 Å². The van der Waals surface area contributed by atoms with Gasteiger partial charge >= 0.3 is 0 Å². The zero-order valence-electron chi connectivity index (χ0n) is 19.8. The van der Waals surface area contributed by atoms with E-state index in [1.165, 1.54) is 35.9 Å². The van der Waals surface area contributed by atoms with Crippen molar-refractivity contribution in [2.24, 2.45) is 0 Å². The number of hydrogen-bond donors (Lipinski definition) is 2. The summed E-state index contributed by atoms with van der Waals surface area (Å²) in [5, 5.41) is 3.82. The maximum atomic E-state index is 14.1. The molecule has 1 unspecified atom stereocenters. The highest BCUT2D eigenvalue weighted by Crippen LogP contribution is 2.53. The van der Waals surface area contributed by atoms with Crippen molar-refractivity contribution in [1.82, 2.24) is 0 Å². The predicted molar refractivity (Wildman–Crippen MR) is 160 cm³/mol. The highest BCUT2D eigenvalue weighted by molar-refractivity contribution is 7.92. The van der Waals surface area contributed by atoms with Gasteiger partial charge in [-0.1, -0.05) is 108 Å². The Labute approximate surface area is 237 Å². The largest absolute Gasteiger partial charge is 0.330 e. The molecule has 0 aromatic heterocycles. The van der Waals surface area contributed by atoms with Crippen LogP contribution in [0.5, 0.6) is 0 Å². The molecule has 0 saturated heterocycles. The minimum Gasteiger partial charge on any atom is -0.330 e. The van der Waals surface area contributed by atoms with Crippen LogP contribution < -0.4 is 9.81 Å². The number of benzene rings is 4. The number of sulfonamides is 1. The van der Waals surface area contributed by atoms with E-state index in [-0.39, 0.29) is 25.7 Å². The quantitative estimate of drug-likeness (QED) is 0.187. The molecule has 2 N–H and O–H groups in total. The van der Waals surface area contributed by atoms with Crippen LogP contribution in [0.1, 0.15) is 11.1 Å². The molecular weight excluding hydrogens is 582 g/mol. The lowest BCUT2D eigenvalue weighted by Gasteiger charge is -2.16. The lowest BCUT2D eigenvalue weighted by Crippen LogP contribution is -2.13. The molecule has 0 aliphatic rings. The van der Waals surface area contributed by atoms with E-state index in [0.29, 0.717) is 16.8 Å². The van der Waals surface area contributed by atoms with Crippen molar-refractivity contribution in [3.05, 3.63) is 137 Å². The first-order valence-corrected chi connectivity index (χ1v) is 15.7. The van der Waals surface area contributed by atoms with Crippen LogP contribution >= 0.6 is 42.1 Å². The first kappa shape index (κ1) is 28.0. The van der Waals surface area contributed by atoms with E-state index in [4.69, 9.17) is 34.8 Å². The van der Waals surface area contributed by atoms with Gasteiger partial charge in [0.2, 0.25) is 7.29 Å². The van der Waals surface area contributed by atoms with Crippen LogP contribution in [0.15, 0.2) is 126 Å². The maximum Gasteiger partial charge on any atom is 0.261 e. The van der Waals surface area contributed by atoms with Crippen molar-refractivity contribution in [2.45, 2.75) is 4.90 Å². The van der Waals surface area contributed by atoms with Gasteiger partial charge in [-0.3, -0.25) is 9.29 Å². The fourth-order valence-electron chi connectivity index (χ4n) is 3.44. The van der Waals surface area contributed by atoms with E-state index in [9.17, 15) is 13.0 Å². The Morgan fingerprint density at radius 1 is 0.684 bits per heavy atom. The first-order valence-electron chi connectivity index (χ1n) is 11.3. The summed E-state index contributed by atoms with van der Waals surface area (Å²) in [6.07, 6.45) is 0. The van der Waals surface area contributed by atoms with Crippen molar-refractivity contribution < 1.29 is 13.0 Å². The number of nitrogens with one attached hydrogen (secondary N) is 2. The number of hydrogen-bond acceptors (Lipinski definition) is 3. The molecule has 1 atom stereocenters. The van der Waals surface area contributed by atoms with Gasteiger partial charge in [-0.15, -0.1) is 0 Å². The minimum atomic E-state index is -3.90. The minimum absolute atomic E-state index is 0.00789. The summed E-state index contributed by atoms with van der Waals surface area (Å²) in [6.45, 7) is 0. The summed E-state index contributed by atoms with van der Waals surface area (Å²) in [6, 6.07) is 30.6. The smallest absolute Gasteiger partial charge is 0.261 e. The molecule has 0 fully saturated rings. The topological polar surface area (TPSA) is 75.3 Å². The van der Waals surface area contributed by atoms with Gasteiger partial charge < -0.3 is 5.09 Å². The van der Waals surface area contributed by atoms with Gasteiger partial charge in [-0.05, 0) is 47.5 Å². The second-order valence-electron chi connectivity index (χ2n) is 8.12. The second-order valence-corrected chi connectivity index (χ2v) is 13.2. The molecule has 0 aliphatic carbocycles. The van der Waals surface area contributed by atoms with Crippen molar-refractivity contribution in [2.75, 3.05) is 9.81 Å². The zero-order chi connectivity index (χ0) is 27.2. The second kappa shape index (κ2) is 12.2. The van der Waals surface area contributed by atoms with Gasteiger partial charge in [0, 0.05) is 17.3 Å². The van der Waals surface area contributed by atoms with Crippen molar-refractivity contribution in [1.29, 1.82) is 0 Å². The van der Waals surface area contributed by atoms with Crippen LogP contribution in [0, 0.1) is 0 Å². The monoisotopic (exact) mass is 602 g/mol. The Bertz CT molecular complexity index is 1570. The molecule has 0 heterocycles. The van der Waals surface area contributed by atoms with Gasteiger partial charge in [-0.25, -0.2) is 8.42 Å². The fourth-order valence-corrected chi connectivity index (χ4v) is 7.61. The van der Waals surface area contributed by atoms with Crippen molar-refractivity contribution >= 4 is 73.6 Å². The summed E-state index contributed by atoms with van der Waals surface area (Å²) in [7, 11) is -7.43. The van der Waals surface area contributed by atoms with E-state index < -0.39 is 17.3 Å². The lowest BCUT2D eigenvalue weighted by atomic mass is 10.2. The molecule has 0 amide bonds. The summed E-state index contributed by atoms with van der Waals surface area (Å²) >= 11 is 19.2. The Hall–Kier alpha value is -2.99. The highest BCUT2D eigenvalue weighted by atomic mass is 35.5. The molecule has 4 aromatic rings. The van der Waals surface area contributed by atoms with Gasteiger partial charge in [0.1, 0.15) is 0 Å². The Morgan fingerprint density at radius 2 is 1.16 bits per heavy atom. The molecule has 0 spiro atoms. The normalized spacial score (nSPS) is 14.0. The molecule has 0 aliphatic heterocycles. The maximum absolute atomic E-state index is 14.1. The van der Waals surface area contributed by atoms with E-state index in [1.54, 1.807) is 48.5 Å². The van der Waals surface area contributed by atoms with Crippen molar-refractivity contribution in [3.63, 3.8) is 0 Å². The summed E-state index contributed by atoms with van der Waals surface area (Å²) in [5.74, 6) is 2.86. The van der Waals surface area contributed by atoms with Crippen LogP contribution in [0.2, 0.25) is 5.02 Å². The average Bonchev–Trinajstić information content (AvgIpc) is 2.91. The molecule has 10 heteroatoms. The third kappa shape index (κ3) is 7.31. The summed E-state index contributed by atoms with van der Waals surface area (Å²) < 4.78 is 42.3. The van der Waals surface area contributed by atoms with Crippen molar-refractivity contribution in [3.8, 4) is 0 Å². The van der Waals surface area contributed by atoms with Gasteiger partial charge in [0.15, 0.2) is 0 Å². The molecule has 38 heavy (non-hydrogen) atoms. The zero-order valence-corrected chi connectivity index (χ0v) is 23.7. The molecule has 0 saturated carbocycles. The Morgan fingerprint density at radius 3 is 1.66 bits per heavy atom. The Balaban J connectivity index is 1.65. The van der Waals surface area contributed by atoms with E-state index in [1.807, 2.05) is 36.4 Å². The molecular formula is C28H22Cl3N2O3PS. The number of halogens is 3. The third-order valence-electron chi connectivity index (χ3n) is 5.30. The van der Waals surface area contributed by atoms with Crippen LogP contribution in [0.3, 0.4) is 0 Å². The number of rotatable bonds is 9. The van der Waals surface area contributed by atoms with Crippen LogP contribution in [-0.4, -0.2) is 8.42 Å². The summed E-state index contributed by atoms with van der Waals surface area (Å²) in [4.78, 5) is 0.00789. The average molecular weight is 604 g/mol. The van der Waals surface area contributed by atoms with Gasteiger partial charge in [0.25, 0.3) is 10.0 Å². The molecule has 4 rings (SSSR count). The summed E-state index contributed by atoms with van der Waals surface area (Å²) in [5.41, 5.74) is 2.05. The van der Waals surface area contributed by atoms with Gasteiger partial charge in [0.05, 0.1) is 25.7 Å². The predicted octanol–water partition coefficient (Wildman–Crippen LogP) is 9.31. The van der Waals surface area contributed by atoms with Crippen LogP contribution in [0.25, 0.3) is 10.1 Å². The molecule has 194 valence electrons. The molecule has 4 aromatic carbocycles. The van der Waals surface area contributed by atoms with E-state index in [2.05, 4.69) is 9.81 Å². The fraction of sp³-hybridized carbons (Fsp3) is 0. The number of para-hydroxylation sites is 1. The SMILES string of the molecule is O=P(C=C(Cl)c1ccccc1)(/C=C(/Cl)c1ccccc1)Nc1ccc(S(=O)(=O)Nc2ccccc2Cl)cc1.